The van der Waals surface area contributed by atoms with E-state index in [2.05, 4.69) is 30.4 Å². The zero-order valence-electron chi connectivity index (χ0n) is 9.25. The van der Waals surface area contributed by atoms with Gasteiger partial charge in [-0.15, -0.1) is 11.8 Å². The summed E-state index contributed by atoms with van der Waals surface area (Å²) in [5.74, 6) is 0. The first-order valence-electron chi connectivity index (χ1n) is 5.28. The lowest BCUT2D eigenvalue weighted by Crippen LogP contribution is -2.30. The SMILES string of the molecule is CNCc1ccc(SC2COC2)cc1C. The first-order chi connectivity index (χ1) is 7.29. The average Bonchev–Trinajstić information content (AvgIpc) is 2.16. The van der Waals surface area contributed by atoms with Gasteiger partial charge in [0.2, 0.25) is 0 Å². The molecule has 0 unspecified atom stereocenters. The molecule has 1 saturated heterocycles. The van der Waals surface area contributed by atoms with Crippen LogP contribution in [0, 0.1) is 6.92 Å². The van der Waals surface area contributed by atoms with Crippen molar-refractivity contribution in [2.45, 2.75) is 23.6 Å². The highest BCUT2D eigenvalue weighted by Crippen LogP contribution is 2.29. The van der Waals surface area contributed by atoms with Gasteiger partial charge >= 0.3 is 0 Å². The van der Waals surface area contributed by atoms with E-state index in [0.29, 0.717) is 5.25 Å². The number of nitrogens with one attached hydrogen (secondary N) is 1. The van der Waals surface area contributed by atoms with Gasteiger partial charge in [0.05, 0.1) is 18.5 Å². The number of ether oxygens (including phenoxy) is 1. The van der Waals surface area contributed by atoms with E-state index >= 15 is 0 Å². The molecule has 1 aliphatic rings. The van der Waals surface area contributed by atoms with Crippen molar-refractivity contribution in [1.82, 2.24) is 5.32 Å². The first kappa shape index (κ1) is 11.0. The van der Waals surface area contributed by atoms with Crippen LogP contribution < -0.4 is 5.32 Å². The van der Waals surface area contributed by atoms with Crippen molar-refractivity contribution in [3.05, 3.63) is 29.3 Å². The van der Waals surface area contributed by atoms with E-state index in [0.717, 1.165) is 19.8 Å². The van der Waals surface area contributed by atoms with Crippen molar-refractivity contribution in [1.29, 1.82) is 0 Å². The monoisotopic (exact) mass is 223 g/mol. The predicted octanol–water partition coefficient (Wildman–Crippen LogP) is 2.21. The molecule has 0 bridgehead atoms. The molecule has 0 radical (unpaired) electrons. The van der Waals surface area contributed by atoms with E-state index in [1.54, 1.807) is 0 Å². The molecule has 82 valence electrons. The number of benzene rings is 1. The molecule has 15 heavy (non-hydrogen) atoms. The molecule has 0 spiro atoms. The Labute approximate surface area is 95.4 Å². The largest absolute Gasteiger partial charge is 0.379 e. The van der Waals surface area contributed by atoms with E-state index < -0.39 is 0 Å². The van der Waals surface area contributed by atoms with Crippen LogP contribution in [0.5, 0.6) is 0 Å². The summed E-state index contributed by atoms with van der Waals surface area (Å²) in [5.41, 5.74) is 2.75. The molecule has 1 N–H and O–H groups in total. The quantitative estimate of drug-likeness (QED) is 0.845. The standard InChI is InChI=1S/C12H17NOS/c1-9-5-11(15-12-7-14-8-12)4-3-10(9)6-13-2/h3-5,12-13H,6-8H2,1-2H3. The second kappa shape index (κ2) is 5.01. The fraction of sp³-hybridized carbons (Fsp3) is 0.500. The minimum Gasteiger partial charge on any atom is -0.379 e. The third kappa shape index (κ3) is 2.74. The van der Waals surface area contributed by atoms with Crippen molar-refractivity contribution < 1.29 is 4.74 Å². The number of thioether (sulfide) groups is 1. The molecule has 1 heterocycles. The summed E-state index contributed by atoms with van der Waals surface area (Å²) in [6.45, 7) is 4.93. The Morgan fingerprint density at radius 2 is 2.27 bits per heavy atom. The van der Waals surface area contributed by atoms with Crippen molar-refractivity contribution in [2.24, 2.45) is 0 Å². The summed E-state index contributed by atoms with van der Waals surface area (Å²) < 4.78 is 5.17. The zero-order chi connectivity index (χ0) is 10.7. The Kier molecular flexibility index (Phi) is 3.67. The van der Waals surface area contributed by atoms with Crippen LogP contribution in [0.1, 0.15) is 11.1 Å². The highest BCUT2D eigenvalue weighted by atomic mass is 32.2. The maximum absolute atomic E-state index is 5.17. The predicted molar refractivity (Wildman–Crippen MR) is 64.4 cm³/mol. The van der Waals surface area contributed by atoms with Crippen LogP contribution in [0.25, 0.3) is 0 Å². The number of rotatable bonds is 4. The van der Waals surface area contributed by atoms with E-state index in [1.807, 2.05) is 18.8 Å². The van der Waals surface area contributed by atoms with Gasteiger partial charge in [-0.25, -0.2) is 0 Å². The summed E-state index contributed by atoms with van der Waals surface area (Å²) in [5, 5.41) is 3.85. The van der Waals surface area contributed by atoms with Crippen LogP contribution in [0.2, 0.25) is 0 Å². The molecular formula is C12H17NOS. The Morgan fingerprint density at radius 1 is 1.47 bits per heavy atom. The molecule has 1 fully saturated rings. The molecule has 1 aromatic rings. The van der Waals surface area contributed by atoms with Gasteiger partial charge in [0.1, 0.15) is 0 Å². The highest BCUT2D eigenvalue weighted by molar-refractivity contribution is 8.00. The molecule has 1 aromatic carbocycles. The van der Waals surface area contributed by atoms with Gasteiger partial charge in [0.25, 0.3) is 0 Å². The zero-order valence-corrected chi connectivity index (χ0v) is 10.1. The van der Waals surface area contributed by atoms with Crippen LogP contribution in [-0.4, -0.2) is 25.5 Å². The molecule has 2 rings (SSSR count). The molecule has 0 aliphatic carbocycles. The lowest BCUT2D eigenvalue weighted by atomic mass is 10.1. The summed E-state index contributed by atoms with van der Waals surface area (Å²) in [4.78, 5) is 1.36. The number of hydrogen-bond donors (Lipinski definition) is 1. The third-order valence-electron chi connectivity index (χ3n) is 2.59. The van der Waals surface area contributed by atoms with Gasteiger partial charge in [0.15, 0.2) is 0 Å². The minimum absolute atomic E-state index is 0.666. The van der Waals surface area contributed by atoms with E-state index in [1.165, 1.54) is 16.0 Å². The normalized spacial score (nSPS) is 16.4. The van der Waals surface area contributed by atoms with E-state index in [9.17, 15) is 0 Å². The molecule has 3 heteroatoms. The minimum atomic E-state index is 0.666. The van der Waals surface area contributed by atoms with Crippen LogP contribution in [-0.2, 0) is 11.3 Å². The summed E-state index contributed by atoms with van der Waals surface area (Å²) in [7, 11) is 1.98. The first-order valence-corrected chi connectivity index (χ1v) is 6.16. The van der Waals surface area contributed by atoms with E-state index in [-0.39, 0.29) is 0 Å². The maximum atomic E-state index is 5.17. The molecule has 0 atom stereocenters. The maximum Gasteiger partial charge on any atom is 0.0611 e. The average molecular weight is 223 g/mol. The summed E-state index contributed by atoms with van der Waals surface area (Å²) in [6.07, 6.45) is 0. The van der Waals surface area contributed by atoms with Gasteiger partial charge in [-0.2, -0.15) is 0 Å². The van der Waals surface area contributed by atoms with Crippen molar-refractivity contribution >= 4 is 11.8 Å². The van der Waals surface area contributed by atoms with Crippen LogP contribution in [0.15, 0.2) is 23.1 Å². The fourth-order valence-corrected chi connectivity index (χ4v) is 2.71. The third-order valence-corrected chi connectivity index (χ3v) is 3.72. The molecular weight excluding hydrogens is 206 g/mol. The van der Waals surface area contributed by atoms with Gasteiger partial charge in [-0.3, -0.25) is 0 Å². The van der Waals surface area contributed by atoms with Gasteiger partial charge < -0.3 is 10.1 Å². The Morgan fingerprint density at radius 3 is 2.80 bits per heavy atom. The number of hydrogen-bond acceptors (Lipinski definition) is 3. The molecule has 0 saturated carbocycles. The fourth-order valence-electron chi connectivity index (χ4n) is 1.61. The smallest absolute Gasteiger partial charge is 0.0611 e. The van der Waals surface area contributed by atoms with Crippen LogP contribution in [0.4, 0.5) is 0 Å². The van der Waals surface area contributed by atoms with Crippen molar-refractivity contribution in [3.8, 4) is 0 Å². The Balaban J connectivity index is 2.03. The number of aryl methyl sites for hydroxylation is 1. The molecule has 0 amide bonds. The molecule has 1 aliphatic heterocycles. The van der Waals surface area contributed by atoms with Crippen molar-refractivity contribution in [2.75, 3.05) is 20.3 Å². The second-order valence-electron chi connectivity index (χ2n) is 3.90. The molecule has 2 nitrogen and oxygen atoms in total. The van der Waals surface area contributed by atoms with Gasteiger partial charge in [-0.1, -0.05) is 6.07 Å². The van der Waals surface area contributed by atoms with Crippen LogP contribution in [0.3, 0.4) is 0 Å². The molecule has 0 aromatic heterocycles. The van der Waals surface area contributed by atoms with Gasteiger partial charge in [0, 0.05) is 11.4 Å². The summed E-state index contributed by atoms with van der Waals surface area (Å²) in [6, 6.07) is 6.70. The van der Waals surface area contributed by atoms with Gasteiger partial charge in [-0.05, 0) is 37.2 Å². The second-order valence-corrected chi connectivity index (χ2v) is 5.27. The topological polar surface area (TPSA) is 21.3 Å². The Bertz CT molecular complexity index is 336. The lowest BCUT2D eigenvalue weighted by Gasteiger charge is -2.25. The summed E-state index contributed by atoms with van der Waals surface area (Å²) >= 11 is 1.93. The van der Waals surface area contributed by atoms with Crippen LogP contribution >= 0.6 is 11.8 Å². The Hall–Kier alpha value is -0.510. The van der Waals surface area contributed by atoms with Crippen molar-refractivity contribution in [3.63, 3.8) is 0 Å². The highest BCUT2D eigenvalue weighted by Gasteiger charge is 2.19. The van der Waals surface area contributed by atoms with E-state index in [4.69, 9.17) is 4.74 Å². The lowest BCUT2D eigenvalue weighted by molar-refractivity contribution is 0.0455.